The summed E-state index contributed by atoms with van der Waals surface area (Å²) in [7, 11) is 1.46. The molecule has 4 aromatic rings. The summed E-state index contributed by atoms with van der Waals surface area (Å²) in [5.74, 6) is -2.33. The highest BCUT2D eigenvalue weighted by Gasteiger charge is 2.37. The molecular weight excluding hydrogens is 474 g/mol. The second-order valence-electron chi connectivity index (χ2n) is 8.45. The lowest BCUT2D eigenvalue weighted by Crippen LogP contribution is -2.38. The first-order valence-corrected chi connectivity index (χ1v) is 12.2. The van der Waals surface area contributed by atoms with Crippen LogP contribution < -0.4 is 5.32 Å². The molecule has 1 aromatic heterocycles. The fraction of sp³-hybridized carbons (Fsp3) is 0.179. The molecule has 2 N–H and O–H groups in total. The lowest BCUT2D eigenvalue weighted by molar-refractivity contribution is -0.197. The summed E-state index contributed by atoms with van der Waals surface area (Å²) in [6.45, 7) is 3.27. The third-order valence-electron chi connectivity index (χ3n) is 5.71. The standard InChI is InChI=1S/C28H27N3O4S/c1-27(2,34-3)35-31-24(25(32)33)23-19-36-26(29-23)30-28(20-13-7-4-8-14-20,21-15-9-5-10-16-21)22-17-11-6-12-18-22/h4-19H,1-3H3,(H,29,30)(H,32,33)/b31-24+. The van der Waals surface area contributed by atoms with Crippen LogP contribution in [0.25, 0.3) is 0 Å². The highest BCUT2D eigenvalue weighted by atomic mass is 32.1. The van der Waals surface area contributed by atoms with Gasteiger partial charge >= 0.3 is 5.97 Å². The van der Waals surface area contributed by atoms with E-state index in [2.05, 4.69) is 51.9 Å². The predicted molar refractivity (Wildman–Crippen MR) is 141 cm³/mol. The van der Waals surface area contributed by atoms with Crippen molar-refractivity contribution in [1.29, 1.82) is 0 Å². The number of hydrogen-bond donors (Lipinski definition) is 2. The van der Waals surface area contributed by atoms with Gasteiger partial charge in [-0.2, -0.15) is 0 Å². The Morgan fingerprint density at radius 3 is 1.78 bits per heavy atom. The number of nitrogens with one attached hydrogen (secondary N) is 1. The maximum absolute atomic E-state index is 12.0. The zero-order valence-corrected chi connectivity index (χ0v) is 21.0. The molecule has 0 amide bonds. The number of aromatic nitrogens is 1. The first kappa shape index (κ1) is 25.1. The molecule has 7 nitrogen and oxygen atoms in total. The van der Waals surface area contributed by atoms with Crippen molar-refractivity contribution in [1.82, 2.24) is 4.98 Å². The maximum Gasteiger partial charge on any atom is 0.360 e. The summed E-state index contributed by atoms with van der Waals surface area (Å²) in [6.07, 6.45) is 0. The number of methoxy groups -OCH3 is 1. The van der Waals surface area contributed by atoms with E-state index in [4.69, 9.17) is 9.57 Å². The van der Waals surface area contributed by atoms with Gasteiger partial charge in [0.25, 0.3) is 0 Å². The van der Waals surface area contributed by atoms with Crippen LogP contribution in [0.1, 0.15) is 36.2 Å². The van der Waals surface area contributed by atoms with E-state index in [0.717, 1.165) is 16.7 Å². The Kier molecular flexibility index (Phi) is 7.47. The normalized spacial score (nSPS) is 12.2. The van der Waals surface area contributed by atoms with Crippen molar-refractivity contribution in [3.8, 4) is 0 Å². The lowest BCUT2D eigenvalue weighted by atomic mass is 9.77. The van der Waals surface area contributed by atoms with Crippen LogP contribution >= 0.6 is 11.3 Å². The van der Waals surface area contributed by atoms with Crippen LogP contribution in [0.3, 0.4) is 0 Å². The third kappa shape index (κ3) is 5.30. The second kappa shape index (κ2) is 10.7. The molecule has 0 saturated carbocycles. The molecule has 8 heteroatoms. The molecule has 4 rings (SSSR count). The fourth-order valence-corrected chi connectivity index (χ4v) is 4.52. The number of anilines is 1. The average molecular weight is 502 g/mol. The third-order valence-corrected chi connectivity index (χ3v) is 6.47. The molecule has 3 aromatic carbocycles. The van der Waals surface area contributed by atoms with Gasteiger partial charge in [0.05, 0.1) is 0 Å². The number of benzene rings is 3. The molecule has 0 aliphatic rings. The molecular formula is C28H27N3O4S. The largest absolute Gasteiger partial charge is 0.476 e. The predicted octanol–water partition coefficient (Wildman–Crippen LogP) is 5.73. The molecule has 0 aliphatic carbocycles. The van der Waals surface area contributed by atoms with E-state index in [0.29, 0.717) is 5.13 Å². The van der Waals surface area contributed by atoms with Gasteiger partial charge in [0.1, 0.15) is 11.2 Å². The summed E-state index contributed by atoms with van der Waals surface area (Å²) >= 11 is 1.29. The zero-order chi connectivity index (χ0) is 25.6. The van der Waals surface area contributed by atoms with Crippen LogP contribution in [0.2, 0.25) is 0 Å². The Morgan fingerprint density at radius 2 is 1.36 bits per heavy atom. The molecule has 0 bridgehead atoms. The highest BCUT2D eigenvalue weighted by Crippen LogP contribution is 2.40. The molecule has 36 heavy (non-hydrogen) atoms. The number of thiazole rings is 1. The van der Waals surface area contributed by atoms with E-state index in [1.54, 1.807) is 19.2 Å². The number of aliphatic carboxylic acids is 1. The number of hydrogen-bond acceptors (Lipinski definition) is 7. The van der Waals surface area contributed by atoms with Gasteiger partial charge in [-0.05, 0) is 16.7 Å². The maximum atomic E-state index is 12.0. The number of ether oxygens (including phenoxy) is 1. The van der Waals surface area contributed by atoms with E-state index in [1.165, 1.54) is 18.4 Å². The monoisotopic (exact) mass is 501 g/mol. The number of carboxylic acid groups (broad SMARTS) is 1. The Balaban J connectivity index is 1.82. The van der Waals surface area contributed by atoms with E-state index in [-0.39, 0.29) is 11.4 Å². The topological polar surface area (TPSA) is 93.0 Å². The molecule has 0 aliphatic heterocycles. The van der Waals surface area contributed by atoms with Crippen molar-refractivity contribution in [2.75, 3.05) is 12.4 Å². The first-order chi connectivity index (χ1) is 17.4. The minimum atomic E-state index is -1.25. The summed E-state index contributed by atoms with van der Waals surface area (Å²) < 4.78 is 5.17. The molecule has 0 radical (unpaired) electrons. The van der Waals surface area contributed by atoms with Gasteiger partial charge in [-0.3, -0.25) is 0 Å². The molecule has 0 unspecified atom stereocenters. The van der Waals surface area contributed by atoms with E-state index in [9.17, 15) is 9.90 Å². The van der Waals surface area contributed by atoms with Gasteiger partial charge in [-0.15, -0.1) is 11.3 Å². The number of oxime groups is 1. The van der Waals surface area contributed by atoms with Gasteiger partial charge in [0.15, 0.2) is 5.13 Å². The summed E-state index contributed by atoms with van der Waals surface area (Å²) in [5, 5.41) is 19.4. The smallest absolute Gasteiger partial charge is 0.360 e. The molecule has 184 valence electrons. The quantitative estimate of drug-likeness (QED) is 0.125. The second-order valence-corrected chi connectivity index (χ2v) is 9.31. The van der Waals surface area contributed by atoms with E-state index in [1.807, 2.05) is 54.6 Å². The van der Waals surface area contributed by atoms with Gasteiger partial charge in [0.2, 0.25) is 11.5 Å². The Bertz CT molecular complexity index is 1230. The average Bonchev–Trinajstić information content (AvgIpc) is 3.36. The lowest BCUT2D eigenvalue weighted by Gasteiger charge is -2.36. The van der Waals surface area contributed by atoms with Gasteiger partial charge in [0, 0.05) is 26.3 Å². The SMILES string of the molecule is COC(C)(C)O/N=C(/C(=O)O)c1csc(NC(c2ccccc2)(c2ccccc2)c2ccccc2)n1. The van der Waals surface area contributed by atoms with Crippen molar-refractivity contribution in [3.63, 3.8) is 0 Å². The van der Waals surface area contributed by atoms with Crippen molar-refractivity contribution in [2.24, 2.45) is 5.16 Å². The van der Waals surface area contributed by atoms with Crippen molar-refractivity contribution in [3.05, 3.63) is 119 Å². The fourth-order valence-electron chi connectivity index (χ4n) is 3.77. The minimum Gasteiger partial charge on any atom is -0.476 e. The molecule has 0 spiro atoms. The number of nitrogens with zero attached hydrogens (tertiary/aromatic N) is 2. The van der Waals surface area contributed by atoms with Crippen LogP contribution in [-0.2, 0) is 19.9 Å². The van der Waals surface area contributed by atoms with Crippen LogP contribution in [-0.4, -0.2) is 34.7 Å². The minimum absolute atomic E-state index is 0.185. The Hall–Kier alpha value is -4.01. The van der Waals surface area contributed by atoms with Crippen LogP contribution in [0, 0.1) is 0 Å². The highest BCUT2D eigenvalue weighted by molar-refractivity contribution is 7.14. The van der Waals surface area contributed by atoms with E-state index >= 15 is 0 Å². The van der Waals surface area contributed by atoms with E-state index < -0.39 is 17.3 Å². The number of carboxylic acids is 1. The zero-order valence-electron chi connectivity index (χ0n) is 20.2. The van der Waals surface area contributed by atoms with Crippen molar-refractivity contribution >= 4 is 28.1 Å². The van der Waals surface area contributed by atoms with Crippen molar-refractivity contribution < 1.29 is 19.5 Å². The van der Waals surface area contributed by atoms with Crippen LogP contribution in [0.4, 0.5) is 5.13 Å². The molecule has 1 heterocycles. The molecule has 0 saturated heterocycles. The van der Waals surface area contributed by atoms with Crippen LogP contribution in [0.15, 0.2) is 102 Å². The van der Waals surface area contributed by atoms with Gasteiger partial charge < -0.3 is 20.0 Å². The first-order valence-electron chi connectivity index (χ1n) is 11.3. The summed E-state index contributed by atoms with van der Waals surface area (Å²) in [6, 6.07) is 30.3. The Morgan fingerprint density at radius 1 is 0.889 bits per heavy atom. The Labute approximate surface area is 214 Å². The van der Waals surface area contributed by atoms with Crippen LogP contribution in [0.5, 0.6) is 0 Å². The van der Waals surface area contributed by atoms with Gasteiger partial charge in [-0.1, -0.05) is 96.2 Å². The molecule has 0 atom stereocenters. The number of carbonyl (C=O) groups is 1. The summed E-state index contributed by atoms with van der Waals surface area (Å²) in [4.78, 5) is 21.9. The summed E-state index contributed by atoms with van der Waals surface area (Å²) in [5.41, 5.74) is 2.12. The van der Waals surface area contributed by atoms with Gasteiger partial charge in [-0.25, -0.2) is 9.78 Å². The molecule has 0 fully saturated rings. The van der Waals surface area contributed by atoms with Crippen molar-refractivity contribution in [2.45, 2.75) is 25.2 Å². The number of rotatable bonds is 10.